The maximum absolute atomic E-state index is 12.8. The molecule has 0 aromatic rings. The van der Waals surface area contributed by atoms with Crippen LogP contribution in [0, 0.1) is 17.8 Å². The van der Waals surface area contributed by atoms with Gasteiger partial charge in [0.2, 0.25) is 11.8 Å². The minimum Gasteiger partial charge on any atom is -0.342 e. The van der Waals surface area contributed by atoms with Gasteiger partial charge in [-0.3, -0.25) is 14.5 Å². The van der Waals surface area contributed by atoms with Crippen molar-refractivity contribution >= 4 is 11.8 Å². The van der Waals surface area contributed by atoms with Crippen molar-refractivity contribution in [2.45, 2.75) is 51.4 Å². The summed E-state index contributed by atoms with van der Waals surface area (Å²) in [5.41, 5.74) is 0. The molecule has 2 heterocycles. The first-order valence-corrected chi connectivity index (χ1v) is 10.5. The van der Waals surface area contributed by atoms with Gasteiger partial charge in [0.25, 0.3) is 0 Å². The van der Waals surface area contributed by atoms with Gasteiger partial charge < -0.3 is 9.80 Å². The highest BCUT2D eigenvalue weighted by atomic mass is 16.2. The van der Waals surface area contributed by atoms with Gasteiger partial charge in [0.15, 0.2) is 0 Å². The van der Waals surface area contributed by atoms with Gasteiger partial charge in [0.1, 0.15) is 0 Å². The van der Waals surface area contributed by atoms with Crippen molar-refractivity contribution < 1.29 is 9.59 Å². The van der Waals surface area contributed by atoms with Crippen LogP contribution in [0.1, 0.15) is 51.4 Å². The van der Waals surface area contributed by atoms with E-state index in [9.17, 15) is 9.59 Å². The second-order valence-corrected chi connectivity index (χ2v) is 8.68. The van der Waals surface area contributed by atoms with E-state index in [0.717, 1.165) is 64.4 Å². The molecule has 2 saturated carbocycles. The third-order valence-electron chi connectivity index (χ3n) is 7.06. The van der Waals surface area contributed by atoms with Crippen molar-refractivity contribution in [2.24, 2.45) is 17.8 Å². The molecule has 0 radical (unpaired) electrons. The van der Waals surface area contributed by atoms with Crippen molar-refractivity contribution in [2.75, 3.05) is 45.8 Å². The Labute approximate surface area is 151 Å². The molecule has 140 valence electrons. The van der Waals surface area contributed by atoms with E-state index in [1.165, 1.54) is 32.1 Å². The monoisotopic (exact) mass is 347 g/mol. The molecule has 0 spiro atoms. The largest absolute Gasteiger partial charge is 0.342 e. The SMILES string of the molecule is O=C(CN1CCN(C(=O)C2CC3CCC2C3)CC1)N1CCCCCC1. The van der Waals surface area contributed by atoms with Gasteiger partial charge in [0.05, 0.1) is 6.54 Å². The lowest BCUT2D eigenvalue weighted by Crippen LogP contribution is -2.53. The van der Waals surface area contributed by atoms with Crippen molar-refractivity contribution in [3.8, 4) is 0 Å². The van der Waals surface area contributed by atoms with Crippen LogP contribution >= 0.6 is 0 Å². The highest BCUT2D eigenvalue weighted by Crippen LogP contribution is 2.48. The molecule has 2 aliphatic heterocycles. The van der Waals surface area contributed by atoms with Crippen LogP contribution in [0.5, 0.6) is 0 Å². The lowest BCUT2D eigenvalue weighted by Gasteiger charge is -2.37. The lowest BCUT2D eigenvalue weighted by molar-refractivity contribution is -0.139. The number of fused-ring (bicyclic) bond motifs is 2. The van der Waals surface area contributed by atoms with Gasteiger partial charge in [-0.2, -0.15) is 0 Å². The third kappa shape index (κ3) is 3.86. The molecule has 2 saturated heterocycles. The average Bonchev–Trinajstić information content (AvgIpc) is 3.16. The number of nitrogens with zero attached hydrogens (tertiary/aromatic N) is 3. The first kappa shape index (κ1) is 17.3. The topological polar surface area (TPSA) is 43.9 Å². The molecule has 0 N–H and O–H groups in total. The van der Waals surface area contributed by atoms with Crippen LogP contribution < -0.4 is 0 Å². The van der Waals surface area contributed by atoms with Crippen molar-refractivity contribution in [3.05, 3.63) is 0 Å². The molecule has 4 aliphatic rings. The van der Waals surface area contributed by atoms with Gasteiger partial charge in [-0.1, -0.05) is 19.3 Å². The Balaban J connectivity index is 1.23. The van der Waals surface area contributed by atoms with Gasteiger partial charge in [-0.15, -0.1) is 0 Å². The van der Waals surface area contributed by atoms with Crippen LogP contribution in [-0.2, 0) is 9.59 Å². The quantitative estimate of drug-likeness (QED) is 0.784. The zero-order chi connectivity index (χ0) is 17.2. The molecule has 3 atom stereocenters. The summed E-state index contributed by atoms with van der Waals surface area (Å²) in [5, 5.41) is 0. The van der Waals surface area contributed by atoms with Gasteiger partial charge >= 0.3 is 0 Å². The number of hydrogen-bond donors (Lipinski definition) is 0. The molecule has 0 aromatic carbocycles. The van der Waals surface area contributed by atoms with Crippen LogP contribution in [0.15, 0.2) is 0 Å². The van der Waals surface area contributed by atoms with Crippen molar-refractivity contribution in [1.29, 1.82) is 0 Å². The molecule has 5 nitrogen and oxygen atoms in total. The van der Waals surface area contributed by atoms with E-state index in [0.29, 0.717) is 24.3 Å². The summed E-state index contributed by atoms with van der Waals surface area (Å²) >= 11 is 0. The molecule has 3 unspecified atom stereocenters. The number of piperazine rings is 1. The molecule has 0 aromatic heterocycles. The Hall–Kier alpha value is -1.10. The Morgan fingerprint density at radius 2 is 1.48 bits per heavy atom. The summed E-state index contributed by atoms with van der Waals surface area (Å²) in [4.78, 5) is 31.8. The predicted molar refractivity (Wildman–Crippen MR) is 97.0 cm³/mol. The molecule has 2 bridgehead atoms. The number of carbonyl (C=O) groups is 2. The minimum atomic E-state index is 0.287. The Morgan fingerprint density at radius 1 is 0.760 bits per heavy atom. The van der Waals surface area contributed by atoms with Crippen LogP contribution in [0.4, 0.5) is 0 Å². The van der Waals surface area contributed by atoms with Crippen LogP contribution in [0.2, 0.25) is 0 Å². The molecule has 2 aliphatic carbocycles. The molecule has 2 amide bonds. The fourth-order valence-electron chi connectivity index (χ4n) is 5.52. The summed E-state index contributed by atoms with van der Waals surface area (Å²) in [6, 6.07) is 0. The maximum Gasteiger partial charge on any atom is 0.236 e. The van der Waals surface area contributed by atoms with E-state index in [1.54, 1.807) is 0 Å². The highest BCUT2D eigenvalue weighted by Gasteiger charge is 2.44. The molecular weight excluding hydrogens is 314 g/mol. The molecular formula is C20H33N3O2. The standard InChI is InChI=1S/C20H33N3O2/c24-19(22-7-3-1-2-4-8-22)15-21-9-11-23(12-10-21)20(25)18-14-16-5-6-17(18)13-16/h16-18H,1-15H2. The second kappa shape index (κ2) is 7.65. The number of rotatable bonds is 3. The molecule has 25 heavy (non-hydrogen) atoms. The van der Waals surface area contributed by atoms with E-state index < -0.39 is 0 Å². The minimum absolute atomic E-state index is 0.287. The zero-order valence-electron chi connectivity index (χ0n) is 15.5. The zero-order valence-corrected chi connectivity index (χ0v) is 15.5. The van der Waals surface area contributed by atoms with E-state index in [-0.39, 0.29) is 5.91 Å². The first-order valence-electron chi connectivity index (χ1n) is 10.5. The van der Waals surface area contributed by atoms with Gasteiger partial charge in [0, 0.05) is 45.2 Å². The number of hydrogen-bond acceptors (Lipinski definition) is 3. The van der Waals surface area contributed by atoms with Crippen molar-refractivity contribution in [3.63, 3.8) is 0 Å². The van der Waals surface area contributed by atoms with Crippen LogP contribution in [-0.4, -0.2) is 72.3 Å². The second-order valence-electron chi connectivity index (χ2n) is 8.68. The summed E-state index contributed by atoms with van der Waals surface area (Å²) in [5.74, 6) is 2.50. The smallest absolute Gasteiger partial charge is 0.236 e. The Morgan fingerprint density at radius 3 is 2.08 bits per heavy atom. The Bertz CT molecular complexity index is 493. The van der Waals surface area contributed by atoms with Gasteiger partial charge in [-0.25, -0.2) is 0 Å². The highest BCUT2D eigenvalue weighted by molar-refractivity contribution is 5.80. The number of likely N-dealkylation sites (tertiary alicyclic amines) is 1. The third-order valence-corrected chi connectivity index (χ3v) is 7.06. The number of carbonyl (C=O) groups excluding carboxylic acids is 2. The lowest BCUT2D eigenvalue weighted by atomic mass is 9.87. The predicted octanol–water partition coefficient (Wildman–Crippen LogP) is 1.97. The van der Waals surface area contributed by atoms with Crippen LogP contribution in [0.25, 0.3) is 0 Å². The molecule has 4 rings (SSSR count). The van der Waals surface area contributed by atoms with E-state index in [4.69, 9.17) is 0 Å². The summed E-state index contributed by atoms with van der Waals surface area (Å²) in [6.07, 6.45) is 9.86. The average molecular weight is 348 g/mol. The summed E-state index contributed by atoms with van der Waals surface area (Å²) in [7, 11) is 0. The van der Waals surface area contributed by atoms with E-state index in [1.807, 2.05) is 0 Å². The molecule has 4 fully saturated rings. The fraction of sp³-hybridized carbons (Fsp3) is 0.900. The fourth-order valence-corrected chi connectivity index (χ4v) is 5.52. The maximum atomic E-state index is 12.8. The van der Waals surface area contributed by atoms with E-state index >= 15 is 0 Å². The summed E-state index contributed by atoms with van der Waals surface area (Å²) < 4.78 is 0. The summed E-state index contributed by atoms with van der Waals surface area (Å²) in [6.45, 7) is 5.72. The number of amides is 2. The Kier molecular flexibility index (Phi) is 5.30. The van der Waals surface area contributed by atoms with E-state index in [2.05, 4.69) is 14.7 Å². The van der Waals surface area contributed by atoms with Crippen molar-refractivity contribution in [1.82, 2.24) is 14.7 Å². The normalized spacial score (nSPS) is 33.5. The first-order chi connectivity index (χ1) is 12.2. The molecule has 5 heteroatoms. The van der Waals surface area contributed by atoms with Crippen LogP contribution in [0.3, 0.4) is 0 Å². The van der Waals surface area contributed by atoms with Gasteiger partial charge in [-0.05, 0) is 43.9 Å².